The molecule has 2 heterocycles. The Balaban J connectivity index is 0.00000320. The molecular formula is C21H29ClIN5O2. The average molecular weight is 546 g/mol. The van der Waals surface area contributed by atoms with Crippen molar-refractivity contribution in [3.05, 3.63) is 47.1 Å². The van der Waals surface area contributed by atoms with Gasteiger partial charge in [0.05, 0.1) is 19.2 Å². The van der Waals surface area contributed by atoms with Gasteiger partial charge in [-0.05, 0) is 48.7 Å². The van der Waals surface area contributed by atoms with E-state index in [-0.39, 0.29) is 30.0 Å². The predicted molar refractivity (Wildman–Crippen MR) is 133 cm³/mol. The van der Waals surface area contributed by atoms with Gasteiger partial charge < -0.3 is 25.0 Å². The number of hydrogen-bond acceptors (Lipinski definition) is 5. The highest BCUT2D eigenvalue weighted by molar-refractivity contribution is 14.0. The summed E-state index contributed by atoms with van der Waals surface area (Å²) in [5.41, 5.74) is 1.09. The number of hydrogen-bond donors (Lipinski definition) is 2. The smallest absolute Gasteiger partial charge is 0.191 e. The van der Waals surface area contributed by atoms with E-state index in [0.717, 1.165) is 61.3 Å². The van der Waals surface area contributed by atoms with E-state index in [2.05, 4.69) is 25.5 Å². The van der Waals surface area contributed by atoms with Crippen molar-refractivity contribution >= 4 is 47.4 Å². The van der Waals surface area contributed by atoms with Gasteiger partial charge in [0.25, 0.3) is 0 Å². The Morgan fingerprint density at radius 1 is 1.30 bits per heavy atom. The molecule has 0 spiro atoms. The van der Waals surface area contributed by atoms with Crippen LogP contribution in [0.25, 0.3) is 0 Å². The van der Waals surface area contributed by atoms with Gasteiger partial charge in [-0.1, -0.05) is 11.6 Å². The summed E-state index contributed by atoms with van der Waals surface area (Å²) in [7, 11) is 5.13. The van der Waals surface area contributed by atoms with Crippen molar-refractivity contribution in [2.24, 2.45) is 4.99 Å². The average Bonchev–Trinajstić information content (AvgIpc) is 3.21. The summed E-state index contributed by atoms with van der Waals surface area (Å²) >= 11 is 6.28. The van der Waals surface area contributed by atoms with Gasteiger partial charge in [-0.2, -0.15) is 0 Å². The van der Waals surface area contributed by atoms with Crippen molar-refractivity contribution in [3.63, 3.8) is 0 Å². The lowest BCUT2D eigenvalue weighted by molar-refractivity contribution is 0.398. The Morgan fingerprint density at radius 3 is 2.83 bits per heavy atom. The van der Waals surface area contributed by atoms with E-state index in [4.69, 9.17) is 21.1 Å². The van der Waals surface area contributed by atoms with Gasteiger partial charge >= 0.3 is 0 Å². The fraction of sp³-hybridized carbons (Fsp3) is 0.429. The number of benzene rings is 1. The first kappa shape index (κ1) is 24.3. The van der Waals surface area contributed by atoms with Gasteiger partial charge in [0.1, 0.15) is 17.3 Å². The van der Waals surface area contributed by atoms with Gasteiger partial charge in [0.2, 0.25) is 0 Å². The number of aromatic nitrogens is 1. The van der Waals surface area contributed by atoms with Gasteiger partial charge in [-0.3, -0.25) is 4.99 Å². The third kappa shape index (κ3) is 6.28. The summed E-state index contributed by atoms with van der Waals surface area (Å²) in [6, 6.07) is 9.83. The Hall–Kier alpha value is -1.94. The highest BCUT2D eigenvalue weighted by Gasteiger charge is 2.25. The lowest BCUT2D eigenvalue weighted by Gasteiger charge is -2.20. The zero-order valence-corrected chi connectivity index (χ0v) is 20.6. The van der Waals surface area contributed by atoms with Crippen LogP contribution in [0.1, 0.15) is 12.0 Å². The summed E-state index contributed by atoms with van der Waals surface area (Å²) in [6.07, 6.45) is 3.56. The van der Waals surface area contributed by atoms with Crippen molar-refractivity contribution in [1.82, 2.24) is 15.6 Å². The van der Waals surface area contributed by atoms with Crippen LogP contribution in [-0.2, 0) is 6.42 Å². The SMILES string of the molecule is CN=C(NCCc1cc(OC)ccc1OC)NC1CCN(c2ncccc2Cl)C1.I. The van der Waals surface area contributed by atoms with E-state index in [9.17, 15) is 0 Å². The molecule has 7 nitrogen and oxygen atoms in total. The molecule has 1 aliphatic rings. The van der Waals surface area contributed by atoms with Crippen molar-refractivity contribution in [2.75, 3.05) is 45.8 Å². The first-order valence-corrected chi connectivity index (χ1v) is 10.1. The topological polar surface area (TPSA) is 71.0 Å². The molecule has 1 aromatic heterocycles. The first-order chi connectivity index (χ1) is 14.1. The number of nitrogens with zero attached hydrogens (tertiary/aromatic N) is 3. The summed E-state index contributed by atoms with van der Waals surface area (Å²) in [4.78, 5) is 11.0. The van der Waals surface area contributed by atoms with Gasteiger partial charge in [-0.25, -0.2) is 4.98 Å². The van der Waals surface area contributed by atoms with Crippen molar-refractivity contribution < 1.29 is 9.47 Å². The zero-order valence-electron chi connectivity index (χ0n) is 17.5. The molecular weight excluding hydrogens is 517 g/mol. The number of guanidine groups is 1. The molecule has 2 aromatic rings. The Bertz CT molecular complexity index is 852. The second-order valence-corrected chi connectivity index (χ2v) is 7.22. The predicted octanol–water partition coefficient (Wildman–Crippen LogP) is 3.36. The molecule has 0 amide bonds. The van der Waals surface area contributed by atoms with Gasteiger partial charge in [-0.15, -0.1) is 24.0 Å². The van der Waals surface area contributed by atoms with E-state index in [1.807, 2.05) is 30.3 Å². The molecule has 0 aliphatic carbocycles. The first-order valence-electron chi connectivity index (χ1n) is 9.68. The van der Waals surface area contributed by atoms with Gasteiger partial charge in [0, 0.05) is 38.9 Å². The number of nitrogens with one attached hydrogen (secondary N) is 2. The zero-order chi connectivity index (χ0) is 20.6. The quantitative estimate of drug-likeness (QED) is 0.316. The minimum absolute atomic E-state index is 0. The van der Waals surface area contributed by atoms with Crippen LogP contribution in [0, 0.1) is 0 Å². The largest absolute Gasteiger partial charge is 0.497 e. The monoisotopic (exact) mass is 545 g/mol. The Labute approximate surface area is 200 Å². The van der Waals surface area contributed by atoms with Crippen LogP contribution in [0.4, 0.5) is 5.82 Å². The summed E-state index contributed by atoms with van der Waals surface area (Å²) in [5, 5.41) is 7.56. The highest BCUT2D eigenvalue weighted by atomic mass is 127. The van der Waals surface area contributed by atoms with Crippen molar-refractivity contribution in [3.8, 4) is 11.5 Å². The molecule has 1 atom stereocenters. The number of anilines is 1. The maximum atomic E-state index is 6.28. The molecule has 3 rings (SSSR count). The minimum atomic E-state index is 0. The van der Waals surface area contributed by atoms with Crippen LogP contribution in [0.3, 0.4) is 0 Å². The molecule has 0 radical (unpaired) electrons. The Kier molecular flexibility index (Phi) is 9.77. The van der Waals surface area contributed by atoms with Crippen LogP contribution >= 0.6 is 35.6 Å². The van der Waals surface area contributed by atoms with Crippen LogP contribution in [0.5, 0.6) is 11.5 Å². The maximum Gasteiger partial charge on any atom is 0.191 e. The summed E-state index contributed by atoms with van der Waals surface area (Å²) in [5.74, 6) is 3.30. The fourth-order valence-electron chi connectivity index (χ4n) is 3.46. The molecule has 9 heteroatoms. The van der Waals surface area contributed by atoms with Gasteiger partial charge in [0.15, 0.2) is 5.96 Å². The molecule has 1 aromatic carbocycles. The van der Waals surface area contributed by atoms with E-state index in [0.29, 0.717) is 5.02 Å². The van der Waals surface area contributed by atoms with Crippen LogP contribution in [-0.4, -0.2) is 57.9 Å². The molecule has 0 bridgehead atoms. The van der Waals surface area contributed by atoms with E-state index in [1.165, 1.54) is 0 Å². The minimum Gasteiger partial charge on any atom is -0.497 e. The fourth-order valence-corrected chi connectivity index (χ4v) is 3.70. The highest BCUT2D eigenvalue weighted by Crippen LogP contribution is 2.26. The third-order valence-corrected chi connectivity index (χ3v) is 5.26. The van der Waals surface area contributed by atoms with E-state index in [1.54, 1.807) is 27.5 Å². The number of methoxy groups -OCH3 is 2. The molecule has 1 fully saturated rings. The molecule has 1 saturated heterocycles. The van der Waals surface area contributed by atoms with Crippen molar-refractivity contribution in [2.45, 2.75) is 18.9 Å². The Morgan fingerprint density at radius 2 is 2.13 bits per heavy atom. The summed E-state index contributed by atoms with van der Waals surface area (Å²) < 4.78 is 10.8. The van der Waals surface area contributed by atoms with Crippen LogP contribution in [0.2, 0.25) is 5.02 Å². The lowest BCUT2D eigenvalue weighted by Crippen LogP contribution is -2.45. The molecule has 1 aliphatic heterocycles. The second-order valence-electron chi connectivity index (χ2n) is 6.81. The van der Waals surface area contributed by atoms with Crippen molar-refractivity contribution in [1.29, 1.82) is 0 Å². The molecule has 2 N–H and O–H groups in total. The van der Waals surface area contributed by atoms with Crippen LogP contribution in [0.15, 0.2) is 41.5 Å². The van der Waals surface area contributed by atoms with E-state index < -0.39 is 0 Å². The number of halogens is 2. The molecule has 0 saturated carbocycles. The molecule has 30 heavy (non-hydrogen) atoms. The maximum absolute atomic E-state index is 6.28. The second kappa shape index (κ2) is 12.0. The normalized spacial score (nSPS) is 16.1. The molecule has 164 valence electrons. The number of aliphatic imine (C=N–C) groups is 1. The number of rotatable bonds is 7. The van der Waals surface area contributed by atoms with E-state index >= 15 is 0 Å². The summed E-state index contributed by atoms with van der Waals surface area (Å²) in [6.45, 7) is 2.47. The lowest BCUT2D eigenvalue weighted by atomic mass is 10.1. The number of ether oxygens (including phenoxy) is 2. The standard InChI is InChI=1S/C21H28ClN5O2.HI/c1-23-21(25-11-8-15-13-17(28-2)6-7-19(15)29-3)26-16-9-12-27(14-16)20-18(22)5-4-10-24-20;/h4-7,10,13,16H,8-9,11-12,14H2,1-3H3,(H2,23,25,26);1H. The number of pyridine rings is 1. The van der Waals surface area contributed by atoms with Crippen LogP contribution < -0.4 is 25.0 Å². The molecule has 1 unspecified atom stereocenters. The third-order valence-electron chi connectivity index (χ3n) is 4.97.